The molecule has 2 aromatic carbocycles. The van der Waals surface area contributed by atoms with Gasteiger partial charge in [0, 0.05) is 6.54 Å². The molecular formula is C23H32ClN5O2. The van der Waals surface area contributed by atoms with Crippen LogP contribution in [0.3, 0.4) is 0 Å². The van der Waals surface area contributed by atoms with Crippen LogP contribution in [0.2, 0.25) is 0 Å². The molecule has 0 saturated carbocycles. The summed E-state index contributed by atoms with van der Waals surface area (Å²) in [6, 6.07) is 15.8. The van der Waals surface area contributed by atoms with Gasteiger partial charge in [0.05, 0.1) is 12.8 Å². The Labute approximate surface area is 190 Å². The lowest BCUT2D eigenvalue weighted by Gasteiger charge is -2.12. The molecule has 0 fully saturated rings. The van der Waals surface area contributed by atoms with E-state index in [9.17, 15) is 0 Å². The van der Waals surface area contributed by atoms with Gasteiger partial charge in [0.25, 0.3) is 0 Å². The molecule has 168 valence electrons. The zero-order valence-electron chi connectivity index (χ0n) is 18.3. The first-order valence-corrected chi connectivity index (χ1v) is 10.7. The average Bonchev–Trinajstić information content (AvgIpc) is 3.25. The summed E-state index contributed by atoms with van der Waals surface area (Å²) >= 11 is 0. The van der Waals surface area contributed by atoms with Gasteiger partial charge >= 0.3 is 6.01 Å². The van der Waals surface area contributed by atoms with E-state index in [1.54, 1.807) is 11.8 Å². The van der Waals surface area contributed by atoms with E-state index in [2.05, 4.69) is 27.8 Å². The zero-order valence-corrected chi connectivity index (χ0v) is 19.1. The molecule has 3 rings (SSSR count). The standard InChI is InChI=1S/C23H31N5O2.ClH/c1-3-4-5-6-7-11-16-24-18-19-14-15-21(22(17-19)29-2)30-23-25-26-27-28(23)20-12-9-8-10-13-20;/h8-10,12-15,17,24H,3-7,11,16,18H2,1-2H3;1H. The van der Waals surface area contributed by atoms with Crippen LogP contribution in [0.4, 0.5) is 0 Å². The quantitative estimate of drug-likeness (QED) is 0.358. The summed E-state index contributed by atoms with van der Waals surface area (Å²) < 4.78 is 13.0. The summed E-state index contributed by atoms with van der Waals surface area (Å²) in [5.74, 6) is 1.22. The Balaban J connectivity index is 0.00000341. The van der Waals surface area contributed by atoms with Crippen LogP contribution in [0.25, 0.3) is 5.69 Å². The second kappa shape index (κ2) is 13.6. The number of ether oxygens (including phenoxy) is 2. The van der Waals surface area contributed by atoms with Gasteiger partial charge in [-0.1, -0.05) is 68.4 Å². The van der Waals surface area contributed by atoms with Crippen LogP contribution in [0.1, 0.15) is 51.0 Å². The van der Waals surface area contributed by atoms with Crippen molar-refractivity contribution in [3.8, 4) is 23.2 Å². The van der Waals surface area contributed by atoms with Crippen molar-refractivity contribution in [3.63, 3.8) is 0 Å². The first-order chi connectivity index (χ1) is 14.8. The molecule has 0 aliphatic carbocycles. The number of methoxy groups -OCH3 is 1. The van der Waals surface area contributed by atoms with Gasteiger partial charge < -0.3 is 14.8 Å². The fourth-order valence-corrected chi connectivity index (χ4v) is 3.24. The Kier molecular flexibility index (Phi) is 10.8. The average molecular weight is 446 g/mol. The SMILES string of the molecule is CCCCCCCCNCc1ccc(Oc2nnnn2-c2ccccc2)c(OC)c1.Cl. The Morgan fingerprint density at radius 3 is 2.48 bits per heavy atom. The van der Waals surface area contributed by atoms with Crippen LogP contribution < -0.4 is 14.8 Å². The van der Waals surface area contributed by atoms with E-state index < -0.39 is 0 Å². The largest absolute Gasteiger partial charge is 0.493 e. The number of unbranched alkanes of at least 4 members (excludes halogenated alkanes) is 5. The van der Waals surface area contributed by atoms with Crippen molar-refractivity contribution in [1.29, 1.82) is 0 Å². The lowest BCUT2D eigenvalue weighted by molar-refractivity contribution is 0.362. The number of benzene rings is 2. The molecule has 0 radical (unpaired) electrons. The summed E-state index contributed by atoms with van der Waals surface area (Å²) in [6.07, 6.45) is 7.82. The van der Waals surface area contributed by atoms with Crippen LogP contribution in [-0.2, 0) is 6.54 Å². The van der Waals surface area contributed by atoms with Crippen molar-refractivity contribution in [2.75, 3.05) is 13.7 Å². The lowest BCUT2D eigenvalue weighted by Crippen LogP contribution is -2.14. The molecule has 0 aliphatic heterocycles. The molecule has 0 atom stereocenters. The fourth-order valence-electron chi connectivity index (χ4n) is 3.24. The van der Waals surface area contributed by atoms with Crippen LogP contribution in [0.15, 0.2) is 48.5 Å². The monoisotopic (exact) mass is 445 g/mol. The molecule has 1 heterocycles. The van der Waals surface area contributed by atoms with Crippen LogP contribution in [0, 0.1) is 0 Å². The molecule has 8 heteroatoms. The Morgan fingerprint density at radius 1 is 0.935 bits per heavy atom. The fraction of sp³-hybridized carbons (Fsp3) is 0.435. The van der Waals surface area contributed by atoms with E-state index >= 15 is 0 Å². The molecule has 0 bridgehead atoms. The first-order valence-electron chi connectivity index (χ1n) is 10.7. The van der Waals surface area contributed by atoms with Gasteiger partial charge in [-0.15, -0.1) is 12.4 Å². The van der Waals surface area contributed by atoms with Gasteiger partial charge in [-0.25, -0.2) is 0 Å². The van der Waals surface area contributed by atoms with Gasteiger partial charge in [-0.2, -0.15) is 4.68 Å². The predicted molar refractivity (Wildman–Crippen MR) is 125 cm³/mol. The van der Waals surface area contributed by atoms with Gasteiger partial charge in [0.1, 0.15) is 0 Å². The predicted octanol–water partition coefficient (Wildman–Crippen LogP) is 5.34. The van der Waals surface area contributed by atoms with E-state index in [1.807, 2.05) is 48.5 Å². The van der Waals surface area contributed by atoms with E-state index in [0.29, 0.717) is 11.5 Å². The summed E-state index contributed by atoms with van der Waals surface area (Å²) in [7, 11) is 1.63. The minimum atomic E-state index is 0. The summed E-state index contributed by atoms with van der Waals surface area (Å²) in [5.41, 5.74) is 1.97. The number of para-hydroxylation sites is 1. The van der Waals surface area contributed by atoms with Gasteiger partial charge in [0.15, 0.2) is 11.5 Å². The highest BCUT2D eigenvalue weighted by Crippen LogP contribution is 2.32. The molecule has 3 aromatic rings. The molecular weight excluding hydrogens is 414 g/mol. The number of rotatable bonds is 13. The molecule has 0 aliphatic rings. The Bertz CT molecular complexity index is 889. The second-order valence-electron chi connectivity index (χ2n) is 7.24. The van der Waals surface area contributed by atoms with Gasteiger partial charge in [-0.05, 0) is 53.2 Å². The van der Waals surface area contributed by atoms with Crippen molar-refractivity contribution in [2.24, 2.45) is 0 Å². The van der Waals surface area contributed by atoms with Crippen molar-refractivity contribution in [1.82, 2.24) is 25.5 Å². The third kappa shape index (κ3) is 7.52. The number of hydrogen-bond donors (Lipinski definition) is 1. The smallest absolute Gasteiger partial charge is 0.346 e. The molecule has 7 nitrogen and oxygen atoms in total. The number of tetrazole rings is 1. The maximum atomic E-state index is 5.95. The topological polar surface area (TPSA) is 74.1 Å². The van der Waals surface area contributed by atoms with Gasteiger partial charge in [0.2, 0.25) is 0 Å². The van der Waals surface area contributed by atoms with E-state index in [-0.39, 0.29) is 18.4 Å². The van der Waals surface area contributed by atoms with Crippen molar-refractivity contribution < 1.29 is 9.47 Å². The summed E-state index contributed by atoms with van der Waals surface area (Å²) in [4.78, 5) is 0. The number of halogens is 1. The van der Waals surface area contributed by atoms with Crippen LogP contribution >= 0.6 is 12.4 Å². The Morgan fingerprint density at radius 2 is 1.71 bits per heavy atom. The molecule has 0 unspecified atom stereocenters. The van der Waals surface area contributed by atoms with Crippen LogP contribution in [-0.4, -0.2) is 33.9 Å². The maximum absolute atomic E-state index is 5.95. The third-order valence-electron chi connectivity index (χ3n) is 4.91. The van der Waals surface area contributed by atoms with E-state index in [0.717, 1.165) is 24.3 Å². The molecule has 0 amide bonds. The summed E-state index contributed by atoms with van der Waals surface area (Å²) in [6.45, 7) is 4.07. The highest BCUT2D eigenvalue weighted by Gasteiger charge is 2.14. The number of nitrogens with zero attached hydrogens (tertiary/aromatic N) is 4. The number of aromatic nitrogens is 4. The molecule has 1 N–H and O–H groups in total. The normalized spacial score (nSPS) is 10.5. The highest BCUT2D eigenvalue weighted by atomic mass is 35.5. The van der Waals surface area contributed by atoms with Crippen LogP contribution in [0.5, 0.6) is 17.5 Å². The first kappa shape index (κ1) is 24.6. The number of nitrogens with one attached hydrogen (secondary N) is 1. The third-order valence-corrected chi connectivity index (χ3v) is 4.91. The second-order valence-corrected chi connectivity index (χ2v) is 7.24. The molecule has 0 spiro atoms. The van der Waals surface area contributed by atoms with Crippen molar-refractivity contribution in [2.45, 2.75) is 52.0 Å². The van der Waals surface area contributed by atoms with Gasteiger partial charge in [-0.3, -0.25) is 0 Å². The van der Waals surface area contributed by atoms with E-state index in [1.165, 1.54) is 38.5 Å². The number of hydrogen-bond acceptors (Lipinski definition) is 6. The van der Waals surface area contributed by atoms with Crippen molar-refractivity contribution in [3.05, 3.63) is 54.1 Å². The lowest BCUT2D eigenvalue weighted by atomic mass is 10.1. The highest BCUT2D eigenvalue weighted by molar-refractivity contribution is 5.85. The van der Waals surface area contributed by atoms with E-state index in [4.69, 9.17) is 9.47 Å². The molecule has 1 aromatic heterocycles. The maximum Gasteiger partial charge on any atom is 0.346 e. The summed E-state index contributed by atoms with van der Waals surface area (Å²) in [5, 5.41) is 15.3. The molecule has 31 heavy (non-hydrogen) atoms. The minimum Gasteiger partial charge on any atom is -0.493 e. The molecule has 0 saturated heterocycles. The zero-order chi connectivity index (χ0) is 21.0. The minimum absolute atomic E-state index is 0. The van der Waals surface area contributed by atoms with Crippen molar-refractivity contribution >= 4 is 12.4 Å². The Hall–Kier alpha value is -2.64.